The Labute approximate surface area is 108 Å². The third kappa shape index (κ3) is 3.40. The van der Waals surface area contributed by atoms with E-state index in [1.54, 1.807) is 12.1 Å². The molecule has 1 atom stereocenters. The molecule has 0 heterocycles. The zero-order valence-electron chi connectivity index (χ0n) is 9.71. The Hall–Kier alpha value is -1.68. The molecule has 0 radical (unpaired) electrons. The largest absolute Gasteiger partial charge is 0.493 e. The topological polar surface area (TPSA) is 26.3 Å². The van der Waals surface area contributed by atoms with Gasteiger partial charge in [0, 0.05) is 0 Å². The Morgan fingerprint density at radius 2 is 1.67 bits per heavy atom. The van der Waals surface area contributed by atoms with Gasteiger partial charge < -0.3 is 4.74 Å². The van der Waals surface area contributed by atoms with Crippen LogP contribution in [-0.4, -0.2) is 16.6 Å². The average Bonchev–Trinajstić information content (AvgIpc) is 2.40. The molecule has 0 spiro atoms. The summed E-state index contributed by atoms with van der Waals surface area (Å²) >= 11 is 0. The molecule has 0 fully saturated rings. The molecule has 2 nitrogen and oxygen atoms in total. The summed E-state index contributed by atoms with van der Waals surface area (Å²) in [5.74, 6) is 0.564. The first kappa shape index (κ1) is 12.8. The molecule has 2 aromatic rings. The molecule has 0 amide bonds. The Bertz CT molecular complexity index is 528. The van der Waals surface area contributed by atoms with Gasteiger partial charge in [0.15, 0.2) is 0 Å². The van der Waals surface area contributed by atoms with Gasteiger partial charge in [-0.1, -0.05) is 30.3 Å². The predicted octanol–water partition coefficient (Wildman–Crippen LogP) is 3.01. The number of hydrogen-bond donors (Lipinski definition) is 0. The van der Waals surface area contributed by atoms with Crippen molar-refractivity contribution in [2.24, 2.45) is 0 Å². The Morgan fingerprint density at radius 3 is 2.39 bits per heavy atom. The van der Waals surface area contributed by atoms with Crippen molar-refractivity contribution in [3.63, 3.8) is 0 Å². The van der Waals surface area contributed by atoms with Gasteiger partial charge in [0.1, 0.15) is 18.2 Å². The summed E-state index contributed by atoms with van der Waals surface area (Å²) in [7, 11) is -1.37. The van der Waals surface area contributed by atoms with Crippen molar-refractivity contribution in [1.29, 1.82) is 0 Å². The highest BCUT2D eigenvalue weighted by Gasteiger charge is 2.08. The van der Waals surface area contributed by atoms with E-state index in [9.17, 15) is 8.60 Å². The monoisotopic (exact) mass is 264 g/mol. The second kappa shape index (κ2) is 6.31. The van der Waals surface area contributed by atoms with Crippen molar-refractivity contribution in [2.45, 2.75) is 4.90 Å². The predicted molar refractivity (Wildman–Crippen MR) is 69.6 cm³/mol. The zero-order valence-corrected chi connectivity index (χ0v) is 10.5. The van der Waals surface area contributed by atoms with Crippen LogP contribution in [0.3, 0.4) is 0 Å². The van der Waals surface area contributed by atoms with Gasteiger partial charge in [-0.15, -0.1) is 0 Å². The highest BCUT2D eigenvalue weighted by Crippen LogP contribution is 2.12. The molecule has 4 heteroatoms. The van der Waals surface area contributed by atoms with Crippen molar-refractivity contribution >= 4 is 10.8 Å². The van der Waals surface area contributed by atoms with Crippen LogP contribution < -0.4 is 4.74 Å². The van der Waals surface area contributed by atoms with Crippen molar-refractivity contribution in [1.82, 2.24) is 0 Å². The standard InChI is InChI=1S/C14H13FO2S/c15-13-8-4-5-9-14(13)18(16)11-10-17-12-6-2-1-3-7-12/h1-9H,10-11H2. The molecule has 0 aliphatic heterocycles. The quantitative estimate of drug-likeness (QED) is 0.829. The van der Waals surface area contributed by atoms with Crippen molar-refractivity contribution in [2.75, 3.05) is 12.4 Å². The number of ether oxygens (including phenoxy) is 1. The number of halogens is 1. The van der Waals surface area contributed by atoms with E-state index in [0.29, 0.717) is 6.61 Å². The molecular formula is C14H13FO2S. The second-order valence-electron chi connectivity index (χ2n) is 3.64. The molecular weight excluding hydrogens is 251 g/mol. The smallest absolute Gasteiger partial charge is 0.139 e. The molecule has 0 bridgehead atoms. The SMILES string of the molecule is O=S(CCOc1ccccc1)c1ccccc1F. The maximum Gasteiger partial charge on any atom is 0.139 e. The normalized spacial score (nSPS) is 12.1. The summed E-state index contributed by atoms with van der Waals surface area (Å²) in [6, 6.07) is 15.4. The van der Waals surface area contributed by atoms with Gasteiger partial charge in [0.05, 0.1) is 21.4 Å². The number of benzene rings is 2. The Balaban J connectivity index is 1.88. The molecule has 0 saturated heterocycles. The van der Waals surface area contributed by atoms with Crippen LogP contribution in [0.4, 0.5) is 4.39 Å². The van der Waals surface area contributed by atoms with Gasteiger partial charge in [-0.05, 0) is 24.3 Å². The Morgan fingerprint density at radius 1 is 1.00 bits per heavy atom. The van der Waals surface area contributed by atoms with E-state index in [4.69, 9.17) is 4.74 Å². The maximum absolute atomic E-state index is 13.4. The molecule has 18 heavy (non-hydrogen) atoms. The Kier molecular flexibility index (Phi) is 4.47. The fourth-order valence-corrected chi connectivity index (χ4v) is 2.46. The van der Waals surface area contributed by atoms with Crippen LogP contribution in [0.15, 0.2) is 59.5 Å². The summed E-state index contributed by atoms with van der Waals surface area (Å²) in [6.07, 6.45) is 0. The third-order valence-electron chi connectivity index (χ3n) is 2.36. The molecule has 0 aliphatic rings. The van der Waals surface area contributed by atoms with Gasteiger partial charge >= 0.3 is 0 Å². The van der Waals surface area contributed by atoms with Crippen LogP contribution >= 0.6 is 0 Å². The third-order valence-corrected chi connectivity index (χ3v) is 3.72. The average molecular weight is 264 g/mol. The van der Waals surface area contributed by atoms with Crippen LogP contribution in [0.2, 0.25) is 0 Å². The van der Waals surface area contributed by atoms with Gasteiger partial charge in [0.2, 0.25) is 0 Å². The molecule has 0 aliphatic carbocycles. The van der Waals surface area contributed by atoms with Gasteiger partial charge in [-0.2, -0.15) is 0 Å². The van der Waals surface area contributed by atoms with Crippen molar-refractivity contribution in [3.05, 3.63) is 60.4 Å². The van der Waals surface area contributed by atoms with Crippen LogP contribution in [0, 0.1) is 5.82 Å². The van der Waals surface area contributed by atoms with Crippen molar-refractivity contribution in [3.8, 4) is 5.75 Å². The summed E-state index contributed by atoms with van der Waals surface area (Å²) in [5, 5.41) is 0. The van der Waals surface area contributed by atoms with E-state index in [1.807, 2.05) is 30.3 Å². The first-order valence-electron chi connectivity index (χ1n) is 5.58. The molecule has 0 saturated carbocycles. The fraction of sp³-hybridized carbons (Fsp3) is 0.143. The minimum atomic E-state index is -1.37. The molecule has 1 unspecified atom stereocenters. The fourth-order valence-electron chi connectivity index (χ4n) is 1.49. The van der Waals surface area contributed by atoms with Crippen LogP contribution in [-0.2, 0) is 10.8 Å². The number of hydrogen-bond acceptors (Lipinski definition) is 2. The van der Waals surface area contributed by atoms with Gasteiger partial charge in [-0.25, -0.2) is 4.39 Å². The lowest BCUT2D eigenvalue weighted by molar-refractivity contribution is 0.342. The minimum absolute atomic E-state index is 0.231. The van der Waals surface area contributed by atoms with Crippen LogP contribution in [0.5, 0.6) is 5.75 Å². The van der Waals surface area contributed by atoms with Crippen molar-refractivity contribution < 1.29 is 13.3 Å². The van der Waals surface area contributed by atoms with E-state index >= 15 is 0 Å². The van der Waals surface area contributed by atoms with Crippen LogP contribution in [0.25, 0.3) is 0 Å². The summed E-state index contributed by atoms with van der Waals surface area (Å²) in [6.45, 7) is 0.297. The van der Waals surface area contributed by atoms with E-state index in [0.717, 1.165) is 5.75 Å². The molecule has 2 rings (SSSR count). The first-order valence-corrected chi connectivity index (χ1v) is 6.90. The van der Waals surface area contributed by atoms with E-state index < -0.39 is 16.6 Å². The summed E-state index contributed by atoms with van der Waals surface area (Å²) in [5.41, 5.74) is 0. The second-order valence-corrected chi connectivity index (χ2v) is 5.18. The zero-order chi connectivity index (χ0) is 12.8. The van der Waals surface area contributed by atoms with E-state index in [2.05, 4.69) is 0 Å². The first-order chi connectivity index (χ1) is 8.77. The highest BCUT2D eigenvalue weighted by molar-refractivity contribution is 7.85. The minimum Gasteiger partial charge on any atom is -0.493 e. The number of para-hydroxylation sites is 1. The van der Waals surface area contributed by atoms with E-state index in [1.165, 1.54) is 12.1 Å². The van der Waals surface area contributed by atoms with Gasteiger partial charge in [0.25, 0.3) is 0 Å². The lowest BCUT2D eigenvalue weighted by Gasteiger charge is -2.06. The molecule has 94 valence electrons. The molecule has 2 aromatic carbocycles. The maximum atomic E-state index is 13.4. The molecule has 0 N–H and O–H groups in total. The lowest BCUT2D eigenvalue weighted by Crippen LogP contribution is -2.09. The number of rotatable bonds is 5. The summed E-state index contributed by atoms with van der Waals surface area (Å²) in [4.78, 5) is 0.231. The lowest BCUT2D eigenvalue weighted by atomic mass is 10.3. The molecule has 0 aromatic heterocycles. The summed E-state index contributed by atoms with van der Waals surface area (Å²) < 4.78 is 30.6. The van der Waals surface area contributed by atoms with Gasteiger partial charge in [-0.3, -0.25) is 4.21 Å². The van der Waals surface area contributed by atoms with Crippen LogP contribution in [0.1, 0.15) is 0 Å². The van der Waals surface area contributed by atoms with E-state index in [-0.39, 0.29) is 10.6 Å². The highest BCUT2D eigenvalue weighted by atomic mass is 32.2.